The maximum absolute atomic E-state index is 13.5. The number of alkyl halides is 3. The number of aromatic nitrogens is 2. The van der Waals surface area contributed by atoms with Crippen molar-refractivity contribution in [1.29, 1.82) is 0 Å². The molecule has 4 rings (SSSR count). The van der Waals surface area contributed by atoms with Gasteiger partial charge in [-0.2, -0.15) is 13.2 Å². The summed E-state index contributed by atoms with van der Waals surface area (Å²) in [5.41, 5.74) is -0.128. The van der Waals surface area contributed by atoms with Crippen LogP contribution < -0.4 is 10.6 Å². The van der Waals surface area contributed by atoms with Gasteiger partial charge in [-0.05, 0) is 48.9 Å². The number of carbonyl (C=O) groups excluding carboxylic acids is 2. The van der Waals surface area contributed by atoms with Crippen LogP contribution in [0.5, 0.6) is 0 Å². The number of nitrogens with zero attached hydrogens (tertiary/aromatic N) is 2. The SMILES string of the molecule is Cc1c(Cl)cccc1NC(=O)c1cc(NC(=O)c2ccccc2C(F)(F)F)cc2[nH]c(N=C(CO)C(C)(C)C)nc12. The minimum atomic E-state index is -4.74. The van der Waals surface area contributed by atoms with Crippen molar-refractivity contribution in [3.8, 4) is 0 Å². The standard InChI is InChI=1S/C29H27ClF3N5O3/c1-15-20(30)10-7-11-21(15)35-26(41)18-12-16(34-25(40)17-8-5-6-9-19(17)29(31,32)33)13-22-24(18)38-27(36-22)37-23(14-39)28(2,3)4/h5-13,39H,14H2,1-4H3,(H,34,40)(H,35,41)(H,36,38). The van der Waals surface area contributed by atoms with Gasteiger partial charge in [0.2, 0.25) is 5.95 Å². The molecule has 0 aliphatic carbocycles. The van der Waals surface area contributed by atoms with Gasteiger partial charge in [0, 0.05) is 21.8 Å². The fourth-order valence-corrected chi connectivity index (χ4v) is 4.20. The summed E-state index contributed by atoms with van der Waals surface area (Å²) < 4.78 is 40.6. The van der Waals surface area contributed by atoms with Crippen molar-refractivity contribution < 1.29 is 27.9 Å². The van der Waals surface area contributed by atoms with E-state index in [0.717, 1.165) is 12.1 Å². The molecule has 0 fully saturated rings. The van der Waals surface area contributed by atoms with Gasteiger partial charge in [-0.3, -0.25) is 9.59 Å². The Hall–Kier alpha value is -4.22. The Morgan fingerprint density at radius 2 is 1.68 bits per heavy atom. The molecule has 12 heteroatoms. The summed E-state index contributed by atoms with van der Waals surface area (Å²) in [6.45, 7) is 6.99. The highest BCUT2D eigenvalue weighted by molar-refractivity contribution is 6.32. The Bertz CT molecular complexity index is 1670. The van der Waals surface area contributed by atoms with Crippen molar-refractivity contribution >= 4 is 57.5 Å². The fraction of sp³-hybridized carbons (Fsp3) is 0.241. The van der Waals surface area contributed by atoms with E-state index < -0.39 is 34.5 Å². The predicted octanol–water partition coefficient (Wildman–Crippen LogP) is 7.16. The third-order valence-electron chi connectivity index (χ3n) is 6.33. The molecule has 0 unspecified atom stereocenters. The van der Waals surface area contributed by atoms with Crippen LogP contribution in [-0.4, -0.2) is 39.2 Å². The molecule has 0 aliphatic heterocycles. The summed E-state index contributed by atoms with van der Waals surface area (Å²) in [6.07, 6.45) is -4.74. The highest BCUT2D eigenvalue weighted by Gasteiger charge is 2.35. The zero-order chi connectivity index (χ0) is 30.1. The van der Waals surface area contributed by atoms with Crippen LogP contribution in [0.15, 0.2) is 59.6 Å². The van der Waals surface area contributed by atoms with Gasteiger partial charge in [0.1, 0.15) is 5.52 Å². The average Bonchev–Trinajstić information content (AvgIpc) is 3.30. The number of rotatable bonds is 6. The zero-order valence-electron chi connectivity index (χ0n) is 22.6. The number of H-pyrrole nitrogens is 1. The van der Waals surface area contributed by atoms with Crippen LogP contribution in [0.3, 0.4) is 0 Å². The molecule has 0 bridgehead atoms. The first-order valence-electron chi connectivity index (χ1n) is 12.5. The van der Waals surface area contributed by atoms with Crippen molar-refractivity contribution in [1.82, 2.24) is 9.97 Å². The lowest BCUT2D eigenvalue weighted by Crippen LogP contribution is -2.23. The van der Waals surface area contributed by atoms with Crippen LogP contribution in [0.4, 0.5) is 30.5 Å². The maximum atomic E-state index is 13.5. The normalized spacial score (nSPS) is 12.5. The fourth-order valence-electron chi connectivity index (χ4n) is 4.03. The van der Waals surface area contributed by atoms with E-state index in [9.17, 15) is 27.9 Å². The molecule has 8 nitrogen and oxygen atoms in total. The summed E-state index contributed by atoms with van der Waals surface area (Å²) >= 11 is 6.19. The highest BCUT2D eigenvalue weighted by atomic mass is 35.5. The Balaban J connectivity index is 1.81. The molecule has 214 valence electrons. The van der Waals surface area contributed by atoms with Crippen molar-refractivity contribution in [2.24, 2.45) is 10.4 Å². The molecule has 0 atom stereocenters. The van der Waals surface area contributed by atoms with Crippen LogP contribution in [-0.2, 0) is 6.18 Å². The topological polar surface area (TPSA) is 119 Å². The number of imidazole rings is 1. The third kappa shape index (κ3) is 6.58. The molecular weight excluding hydrogens is 559 g/mol. The van der Waals surface area contributed by atoms with Crippen molar-refractivity contribution in [3.63, 3.8) is 0 Å². The van der Waals surface area contributed by atoms with Gasteiger partial charge in [0.15, 0.2) is 0 Å². The molecule has 4 aromatic rings. The number of benzene rings is 3. The van der Waals surface area contributed by atoms with Crippen molar-refractivity contribution in [3.05, 3.63) is 81.9 Å². The molecule has 3 aromatic carbocycles. The molecule has 1 heterocycles. The number of fused-ring (bicyclic) bond motifs is 1. The monoisotopic (exact) mass is 585 g/mol. The van der Waals surface area contributed by atoms with E-state index in [-0.39, 0.29) is 34.8 Å². The second kappa shape index (κ2) is 11.3. The van der Waals surface area contributed by atoms with Crippen LogP contribution in [0.1, 0.15) is 52.6 Å². The molecule has 1 aromatic heterocycles. The van der Waals surface area contributed by atoms with Gasteiger partial charge < -0.3 is 20.7 Å². The summed E-state index contributed by atoms with van der Waals surface area (Å²) in [5, 5.41) is 15.5. The average molecular weight is 586 g/mol. The smallest absolute Gasteiger partial charge is 0.390 e. The molecule has 41 heavy (non-hydrogen) atoms. The number of carbonyl (C=O) groups is 2. The van der Waals surface area contributed by atoms with Crippen LogP contribution in [0.2, 0.25) is 5.02 Å². The quantitative estimate of drug-likeness (QED) is 0.179. The summed E-state index contributed by atoms with van der Waals surface area (Å²) in [4.78, 5) is 38.3. The maximum Gasteiger partial charge on any atom is 0.417 e. The number of anilines is 2. The predicted molar refractivity (Wildman–Crippen MR) is 153 cm³/mol. The van der Waals surface area contributed by atoms with E-state index in [1.54, 1.807) is 25.1 Å². The van der Waals surface area contributed by atoms with Crippen LogP contribution in [0.25, 0.3) is 11.0 Å². The second-order valence-corrected chi connectivity index (χ2v) is 10.7. The number of hydrogen-bond acceptors (Lipinski definition) is 5. The molecule has 0 aliphatic rings. The third-order valence-corrected chi connectivity index (χ3v) is 6.74. The van der Waals surface area contributed by atoms with Crippen LogP contribution in [0, 0.1) is 12.3 Å². The van der Waals surface area contributed by atoms with Gasteiger partial charge in [-0.1, -0.05) is 50.6 Å². The van der Waals surface area contributed by atoms with Gasteiger partial charge in [-0.25, -0.2) is 9.98 Å². The highest BCUT2D eigenvalue weighted by Crippen LogP contribution is 2.33. The molecule has 2 amide bonds. The lowest BCUT2D eigenvalue weighted by Gasteiger charge is -2.18. The number of aliphatic hydroxyl groups excluding tert-OH is 1. The van der Waals surface area contributed by atoms with Gasteiger partial charge in [0.25, 0.3) is 11.8 Å². The zero-order valence-corrected chi connectivity index (χ0v) is 23.3. The molecular formula is C29H27ClF3N5O3. The lowest BCUT2D eigenvalue weighted by atomic mass is 9.90. The van der Waals surface area contributed by atoms with Gasteiger partial charge in [-0.15, -0.1) is 0 Å². The summed E-state index contributed by atoms with van der Waals surface area (Å²) in [5.74, 6) is -1.52. The molecule has 0 spiro atoms. The Morgan fingerprint density at radius 1 is 1.00 bits per heavy atom. The number of aliphatic imine (C=N–C) groups is 1. The Kier molecular flexibility index (Phi) is 8.23. The lowest BCUT2D eigenvalue weighted by molar-refractivity contribution is -0.137. The minimum absolute atomic E-state index is 0.0142. The largest absolute Gasteiger partial charge is 0.417 e. The number of hydrogen-bond donors (Lipinski definition) is 4. The van der Waals surface area contributed by atoms with Gasteiger partial charge >= 0.3 is 6.18 Å². The first-order valence-corrected chi connectivity index (χ1v) is 12.8. The van der Waals surface area contributed by atoms with Gasteiger partial charge in [0.05, 0.1) is 34.5 Å². The van der Waals surface area contributed by atoms with E-state index in [4.69, 9.17) is 11.6 Å². The molecule has 0 saturated carbocycles. The summed E-state index contributed by atoms with van der Waals surface area (Å²) in [7, 11) is 0. The first kappa shape index (κ1) is 29.8. The van der Waals surface area contributed by atoms with E-state index in [1.165, 1.54) is 24.3 Å². The number of nitrogens with one attached hydrogen (secondary N) is 3. The van der Waals surface area contributed by atoms with Crippen molar-refractivity contribution in [2.75, 3.05) is 17.2 Å². The number of halogens is 4. The molecule has 0 radical (unpaired) electrons. The Labute approximate surface area is 238 Å². The minimum Gasteiger partial charge on any atom is -0.390 e. The summed E-state index contributed by atoms with van der Waals surface area (Å²) in [6, 6.07) is 12.2. The second-order valence-electron chi connectivity index (χ2n) is 10.3. The van der Waals surface area contributed by atoms with Crippen LogP contribution >= 0.6 is 11.6 Å². The molecule has 4 N–H and O–H groups in total. The van der Waals surface area contributed by atoms with E-state index in [2.05, 4.69) is 25.6 Å². The number of amides is 2. The Morgan fingerprint density at radius 3 is 2.34 bits per heavy atom. The number of aliphatic hydroxyl groups is 1. The van der Waals surface area contributed by atoms with Crippen molar-refractivity contribution in [2.45, 2.75) is 33.9 Å². The van der Waals surface area contributed by atoms with E-state index in [1.807, 2.05) is 20.8 Å². The first-order chi connectivity index (χ1) is 19.2. The molecule has 0 saturated heterocycles. The number of aromatic amines is 1. The van der Waals surface area contributed by atoms with E-state index in [0.29, 0.717) is 22.0 Å². The van der Waals surface area contributed by atoms with E-state index >= 15 is 0 Å².